The van der Waals surface area contributed by atoms with Crippen LogP contribution in [-0.4, -0.2) is 47.0 Å². The third-order valence-corrected chi connectivity index (χ3v) is 5.84. The highest BCUT2D eigenvalue weighted by Crippen LogP contribution is 2.32. The van der Waals surface area contributed by atoms with Crippen LogP contribution in [0.4, 0.5) is 5.69 Å². The standard InChI is InChI=1S/C25H32N6O.HI/c1-4-32-16-8-14-26-25(27-18-24-29-28-19(2)30(24)3)31-15-13-22-17-21(11-12-23(22)31)20-9-6-5-7-10-20;/h5-7,9-12,17H,4,8,13-16,18H2,1-3H3,(H,26,27);1H. The van der Waals surface area contributed by atoms with E-state index in [1.807, 2.05) is 25.5 Å². The van der Waals surface area contributed by atoms with Crippen LogP contribution in [0.1, 0.15) is 30.6 Å². The summed E-state index contributed by atoms with van der Waals surface area (Å²) in [5.41, 5.74) is 5.07. The number of aryl methyl sites for hydroxylation is 1. The van der Waals surface area contributed by atoms with Crippen molar-refractivity contribution in [1.82, 2.24) is 20.1 Å². The molecule has 0 radical (unpaired) electrons. The zero-order chi connectivity index (χ0) is 22.3. The molecule has 33 heavy (non-hydrogen) atoms. The van der Waals surface area contributed by atoms with Gasteiger partial charge in [-0.25, -0.2) is 4.99 Å². The largest absolute Gasteiger partial charge is 0.382 e. The highest BCUT2D eigenvalue weighted by Gasteiger charge is 2.24. The molecule has 1 N–H and O–H groups in total. The number of rotatable bonds is 8. The predicted octanol–water partition coefficient (Wildman–Crippen LogP) is 4.34. The van der Waals surface area contributed by atoms with Crippen molar-refractivity contribution < 1.29 is 4.74 Å². The first-order chi connectivity index (χ1) is 15.7. The van der Waals surface area contributed by atoms with Crippen LogP contribution >= 0.6 is 24.0 Å². The Hall–Kier alpha value is -2.46. The molecule has 0 saturated heterocycles. The first kappa shape index (κ1) is 25.2. The summed E-state index contributed by atoms with van der Waals surface area (Å²) in [6, 6.07) is 17.3. The number of anilines is 1. The van der Waals surface area contributed by atoms with Crippen molar-refractivity contribution in [2.45, 2.75) is 33.2 Å². The van der Waals surface area contributed by atoms with E-state index in [2.05, 4.69) is 68.9 Å². The lowest BCUT2D eigenvalue weighted by Gasteiger charge is -2.23. The molecule has 0 saturated carbocycles. The van der Waals surface area contributed by atoms with E-state index in [-0.39, 0.29) is 24.0 Å². The molecule has 0 aliphatic carbocycles. The summed E-state index contributed by atoms with van der Waals surface area (Å²) in [4.78, 5) is 7.20. The van der Waals surface area contributed by atoms with Gasteiger partial charge in [0, 0.05) is 39.0 Å². The molecule has 0 fully saturated rings. The molecule has 7 nitrogen and oxygen atoms in total. The van der Waals surface area contributed by atoms with Crippen LogP contribution in [0, 0.1) is 6.92 Å². The highest BCUT2D eigenvalue weighted by molar-refractivity contribution is 14.0. The molecule has 0 atom stereocenters. The summed E-state index contributed by atoms with van der Waals surface area (Å²) in [5.74, 6) is 2.63. The van der Waals surface area contributed by atoms with Gasteiger partial charge in [0.1, 0.15) is 12.4 Å². The Morgan fingerprint density at radius 3 is 2.67 bits per heavy atom. The van der Waals surface area contributed by atoms with Gasteiger partial charge in [-0.3, -0.25) is 0 Å². The number of halogens is 1. The molecule has 1 aromatic heterocycles. The van der Waals surface area contributed by atoms with Gasteiger partial charge in [-0.1, -0.05) is 36.4 Å². The Bertz CT molecular complexity index is 1070. The Kier molecular flexibility index (Phi) is 9.25. The molecule has 3 aromatic rings. The van der Waals surface area contributed by atoms with E-state index in [0.29, 0.717) is 6.54 Å². The quantitative estimate of drug-likeness (QED) is 0.192. The lowest BCUT2D eigenvalue weighted by atomic mass is 10.0. The summed E-state index contributed by atoms with van der Waals surface area (Å²) in [6.07, 6.45) is 1.93. The average Bonchev–Trinajstić information content (AvgIpc) is 3.39. The second-order valence-electron chi connectivity index (χ2n) is 7.95. The third kappa shape index (κ3) is 6.11. The minimum atomic E-state index is 0. The summed E-state index contributed by atoms with van der Waals surface area (Å²) >= 11 is 0. The Balaban J connectivity index is 0.00000306. The molecule has 8 heteroatoms. The Labute approximate surface area is 213 Å². The van der Waals surface area contributed by atoms with Gasteiger partial charge in [0.05, 0.1) is 0 Å². The minimum absolute atomic E-state index is 0. The van der Waals surface area contributed by atoms with Crippen LogP contribution in [0.3, 0.4) is 0 Å². The number of nitrogens with zero attached hydrogens (tertiary/aromatic N) is 5. The van der Waals surface area contributed by atoms with Crippen molar-refractivity contribution in [3.05, 3.63) is 65.7 Å². The molecule has 1 aliphatic heterocycles. The fraction of sp³-hybridized carbons (Fsp3) is 0.400. The molecule has 176 valence electrons. The third-order valence-electron chi connectivity index (χ3n) is 5.84. The number of hydrogen-bond donors (Lipinski definition) is 1. The normalized spacial score (nSPS) is 13.1. The molecule has 0 unspecified atom stereocenters. The maximum absolute atomic E-state index is 5.48. The molecule has 0 amide bonds. The van der Waals surface area contributed by atoms with E-state index >= 15 is 0 Å². The van der Waals surface area contributed by atoms with Crippen molar-refractivity contribution in [3.63, 3.8) is 0 Å². The van der Waals surface area contributed by atoms with Crippen molar-refractivity contribution >= 4 is 35.6 Å². The molecule has 2 heterocycles. The molecular formula is C25H33IN6O. The maximum Gasteiger partial charge on any atom is 0.198 e. The van der Waals surface area contributed by atoms with Crippen LogP contribution < -0.4 is 10.2 Å². The smallest absolute Gasteiger partial charge is 0.198 e. The summed E-state index contributed by atoms with van der Waals surface area (Å²) in [5, 5.41) is 12.0. The zero-order valence-corrected chi connectivity index (χ0v) is 22.0. The number of benzene rings is 2. The van der Waals surface area contributed by atoms with E-state index in [9.17, 15) is 0 Å². The number of ether oxygens (including phenoxy) is 1. The van der Waals surface area contributed by atoms with Gasteiger partial charge in [-0.05, 0) is 55.5 Å². The highest BCUT2D eigenvalue weighted by atomic mass is 127. The van der Waals surface area contributed by atoms with Crippen LogP contribution in [0.25, 0.3) is 11.1 Å². The van der Waals surface area contributed by atoms with Crippen LogP contribution in [0.15, 0.2) is 53.5 Å². The van der Waals surface area contributed by atoms with Gasteiger partial charge >= 0.3 is 0 Å². The predicted molar refractivity (Wildman–Crippen MR) is 144 cm³/mol. The van der Waals surface area contributed by atoms with Crippen LogP contribution in [0.2, 0.25) is 0 Å². The fourth-order valence-corrected chi connectivity index (χ4v) is 3.92. The maximum atomic E-state index is 5.48. The van der Waals surface area contributed by atoms with Gasteiger partial charge in [-0.2, -0.15) is 0 Å². The SMILES string of the molecule is CCOCCCNC(=NCc1nnc(C)n1C)N1CCc2cc(-c3ccccc3)ccc21.I. The summed E-state index contributed by atoms with van der Waals surface area (Å²) in [6.45, 7) is 7.67. The molecule has 1 aliphatic rings. The average molecular weight is 560 g/mol. The lowest BCUT2D eigenvalue weighted by molar-refractivity contribution is 0.145. The number of aromatic nitrogens is 3. The molecule has 2 aromatic carbocycles. The first-order valence-electron chi connectivity index (χ1n) is 11.3. The van der Waals surface area contributed by atoms with Crippen LogP contribution in [-0.2, 0) is 24.8 Å². The molecule has 0 bridgehead atoms. The van der Waals surface area contributed by atoms with E-state index in [1.54, 1.807) is 0 Å². The van der Waals surface area contributed by atoms with E-state index in [4.69, 9.17) is 9.73 Å². The fourth-order valence-electron chi connectivity index (χ4n) is 3.92. The zero-order valence-electron chi connectivity index (χ0n) is 19.6. The Morgan fingerprint density at radius 2 is 1.94 bits per heavy atom. The number of guanidine groups is 1. The van der Waals surface area contributed by atoms with Gasteiger partial charge in [0.15, 0.2) is 11.8 Å². The van der Waals surface area contributed by atoms with Crippen molar-refractivity contribution in [3.8, 4) is 11.1 Å². The topological polar surface area (TPSA) is 67.6 Å². The van der Waals surface area contributed by atoms with Gasteiger partial charge in [0.2, 0.25) is 0 Å². The first-order valence-corrected chi connectivity index (χ1v) is 11.3. The van der Waals surface area contributed by atoms with Gasteiger partial charge < -0.3 is 19.5 Å². The number of fused-ring (bicyclic) bond motifs is 1. The van der Waals surface area contributed by atoms with Crippen molar-refractivity contribution in [2.24, 2.45) is 12.0 Å². The van der Waals surface area contributed by atoms with E-state index in [0.717, 1.165) is 56.8 Å². The Morgan fingerprint density at radius 1 is 1.12 bits per heavy atom. The summed E-state index contributed by atoms with van der Waals surface area (Å²) < 4.78 is 7.47. The number of aliphatic imine (C=N–C) groups is 1. The van der Waals surface area contributed by atoms with E-state index in [1.165, 1.54) is 22.4 Å². The molecular weight excluding hydrogens is 527 g/mol. The second kappa shape index (κ2) is 12.1. The lowest BCUT2D eigenvalue weighted by Crippen LogP contribution is -2.41. The number of hydrogen-bond acceptors (Lipinski definition) is 4. The molecule has 0 spiro atoms. The second-order valence-corrected chi connectivity index (χ2v) is 7.95. The van der Waals surface area contributed by atoms with Gasteiger partial charge in [-0.15, -0.1) is 34.2 Å². The minimum Gasteiger partial charge on any atom is -0.382 e. The van der Waals surface area contributed by atoms with E-state index < -0.39 is 0 Å². The van der Waals surface area contributed by atoms with Crippen molar-refractivity contribution in [2.75, 3.05) is 31.2 Å². The number of nitrogens with one attached hydrogen (secondary N) is 1. The van der Waals surface area contributed by atoms with Crippen LogP contribution in [0.5, 0.6) is 0 Å². The molecule has 4 rings (SSSR count). The monoisotopic (exact) mass is 560 g/mol. The van der Waals surface area contributed by atoms with Crippen molar-refractivity contribution in [1.29, 1.82) is 0 Å². The summed E-state index contributed by atoms with van der Waals surface area (Å²) in [7, 11) is 1.98. The van der Waals surface area contributed by atoms with Gasteiger partial charge in [0.25, 0.3) is 0 Å².